The van der Waals surface area contributed by atoms with E-state index in [0.29, 0.717) is 19.5 Å². The average Bonchev–Trinajstić information content (AvgIpc) is 2.25. The number of amides is 1. The summed E-state index contributed by atoms with van der Waals surface area (Å²) in [5, 5.41) is 6.00. The summed E-state index contributed by atoms with van der Waals surface area (Å²) in [5.74, 6) is 0.0758. The van der Waals surface area contributed by atoms with Crippen LogP contribution in [-0.2, 0) is 11.3 Å². The molecule has 0 bridgehead atoms. The highest BCUT2D eigenvalue weighted by Crippen LogP contribution is 1.91. The highest BCUT2D eigenvalue weighted by atomic mass is 16.1. The molecule has 5 heteroatoms. The normalized spacial score (nSPS) is 10.4. The van der Waals surface area contributed by atoms with E-state index in [4.69, 9.17) is 0 Å². The van der Waals surface area contributed by atoms with Gasteiger partial charge in [0, 0.05) is 43.5 Å². The lowest BCUT2D eigenvalue weighted by Gasteiger charge is -2.08. The molecule has 1 aromatic heterocycles. The molecule has 0 spiro atoms. The van der Waals surface area contributed by atoms with Crippen LogP contribution in [0, 0.1) is 0 Å². The molecular formula is C11H18N4O. The standard InChI is InChI=1S/C11H18N4O/c1-9(2)15-11(16)3-4-12-5-10-6-13-8-14-7-10/h6-9,12H,3-5H2,1-2H3,(H,15,16). The lowest BCUT2D eigenvalue weighted by atomic mass is 10.3. The number of hydrogen-bond donors (Lipinski definition) is 2. The minimum atomic E-state index is 0.0758. The Hall–Kier alpha value is -1.49. The summed E-state index contributed by atoms with van der Waals surface area (Å²) in [5.41, 5.74) is 1.02. The van der Waals surface area contributed by atoms with Crippen LogP contribution in [0.3, 0.4) is 0 Å². The zero-order valence-corrected chi connectivity index (χ0v) is 9.73. The molecule has 1 amide bonds. The smallest absolute Gasteiger partial charge is 0.221 e. The van der Waals surface area contributed by atoms with Crippen molar-refractivity contribution in [2.45, 2.75) is 32.9 Å². The molecule has 0 unspecified atom stereocenters. The Bertz CT molecular complexity index is 313. The molecule has 0 aliphatic heterocycles. The van der Waals surface area contributed by atoms with Gasteiger partial charge in [0.25, 0.3) is 0 Å². The summed E-state index contributed by atoms with van der Waals surface area (Å²) in [6.45, 7) is 5.25. The van der Waals surface area contributed by atoms with E-state index in [1.807, 2.05) is 13.8 Å². The molecule has 0 aromatic carbocycles. The fourth-order valence-electron chi connectivity index (χ4n) is 1.25. The number of nitrogens with zero attached hydrogens (tertiary/aromatic N) is 2. The van der Waals surface area contributed by atoms with Crippen LogP contribution in [0.25, 0.3) is 0 Å². The van der Waals surface area contributed by atoms with Crippen LogP contribution in [0.2, 0.25) is 0 Å². The quantitative estimate of drug-likeness (QED) is 0.687. The fourth-order valence-corrected chi connectivity index (χ4v) is 1.25. The number of nitrogens with one attached hydrogen (secondary N) is 2. The van der Waals surface area contributed by atoms with Crippen LogP contribution in [0.4, 0.5) is 0 Å². The first kappa shape index (κ1) is 12.6. The van der Waals surface area contributed by atoms with Crippen LogP contribution >= 0.6 is 0 Å². The van der Waals surface area contributed by atoms with Gasteiger partial charge in [0.15, 0.2) is 0 Å². The highest BCUT2D eigenvalue weighted by Gasteiger charge is 2.02. The molecule has 16 heavy (non-hydrogen) atoms. The minimum Gasteiger partial charge on any atom is -0.354 e. The van der Waals surface area contributed by atoms with E-state index in [0.717, 1.165) is 5.56 Å². The summed E-state index contributed by atoms with van der Waals surface area (Å²) in [6.07, 6.45) is 5.51. The fraction of sp³-hybridized carbons (Fsp3) is 0.545. The second kappa shape index (κ2) is 6.90. The molecule has 1 aromatic rings. The van der Waals surface area contributed by atoms with Gasteiger partial charge in [-0.05, 0) is 13.8 Å². The van der Waals surface area contributed by atoms with Gasteiger partial charge in [-0.15, -0.1) is 0 Å². The Morgan fingerprint density at radius 2 is 2.06 bits per heavy atom. The van der Waals surface area contributed by atoms with Crippen LogP contribution in [0.15, 0.2) is 18.7 Å². The molecule has 0 aliphatic rings. The summed E-state index contributed by atoms with van der Waals surface area (Å²) >= 11 is 0. The van der Waals surface area contributed by atoms with Gasteiger partial charge in [-0.2, -0.15) is 0 Å². The molecule has 0 fully saturated rings. The summed E-state index contributed by atoms with van der Waals surface area (Å²) in [4.78, 5) is 19.1. The monoisotopic (exact) mass is 222 g/mol. The van der Waals surface area contributed by atoms with Crippen LogP contribution in [-0.4, -0.2) is 28.5 Å². The maximum Gasteiger partial charge on any atom is 0.221 e. The predicted octanol–water partition coefficient (Wildman–Crippen LogP) is 0.481. The number of rotatable bonds is 6. The first-order valence-electron chi connectivity index (χ1n) is 5.42. The molecule has 88 valence electrons. The second-order valence-electron chi connectivity index (χ2n) is 3.90. The van der Waals surface area contributed by atoms with E-state index in [-0.39, 0.29) is 11.9 Å². The van der Waals surface area contributed by atoms with Gasteiger partial charge in [0.1, 0.15) is 6.33 Å². The molecule has 1 rings (SSSR count). The lowest BCUT2D eigenvalue weighted by Crippen LogP contribution is -2.32. The molecule has 0 saturated heterocycles. The van der Waals surface area contributed by atoms with Crippen molar-refractivity contribution in [3.05, 3.63) is 24.3 Å². The van der Waals surface area contributed by atoms with Crippen molar-refractivity contribution in [2.24, 2.45) is 0 Å². The molecular weight excluding hydrogens is 204 g/mol. The Kier molecular flexibility index (Phi) is 5.42. The third kappa shape index (κ3) is 5.41. The first-order valence-corrected chi connectivity index (χ1v) is 5.42. The lowest BCUT2D eigenvalue weighted by molar-refractivity contribution is -0.121. The predicted molar refractivity (Wildman–Crippen MR) is 61.6 cm³/mol. The van der Waals surface area contributed by atoms with Crippen molar-refractivity contribution in [3.8, 4) is 0 Å². The van der Waals surface area contributed by atoms with Crippen molar-refractivity contribution in [1.29, 1.82) is 0 Å². The summed E-state index contributed by atoms with van der Waals surface area (Å²) in [7, 11) is 0. The van der Waals surface area contributed by atoms with Crippen molar-refractivity contribution in [2.75, 3.05) is 6.54 Å². The molecule has 0 atom stereocenters. The van der Waals surface area contributed by atoms with Gasteiger partial charge in [-0.3, -0.25) is 4.79 Å². The van der Waals surface area contributed by atoms with E-state index in [1.165, 1.54) is 6.33 Å². The van der Waals surface area contributed by atoms with Crippen molar-refractivity contribution in [1.82, 2.24) is 20.6 Å². The SMILES string of the molecule is CC(C)NC(=O)CCNCc1cncnc1. The van der Waals surface area contributed by atoms with Crippen molar-refractivity contribution in [3.63, 3.8) is 0 Å². The third-order valence-corrected chi connectivity index (χ3v) is 1.92. The highest BCUT2D eigenvalue weighted by molar-refractivity contribution is 5.76. The van der Waals surface area contributed by atoms with Crippen LogP contribution in [0.1, 0.15) is 25.8 Å². The second-order valence-corrected chi connectivity index (χ2v) is 3.90. The largest absolute Gasteiger partial charge is 0.354 e. The van der Waals surface area contributed by atoms with E-state index < -0.39 is 0 Å². The summed E-state index contributed by atoms with van der Waals surface area (Å²) in [6, 6.07) is 0.204. The first-order chi connectivity index (χ1) is 7.68. The van der Waals surface area contributed by atoms with Gasteiger partial charge in [-0.1, -0.05) is 0 Å². The van der Waals surface area contributed by atoms with Crippen molar-refractivity contribution < 1.29 is 4.79 Å². The van der Waals surface area contributed by atoms with Gasteiger partial charge >= 0.3 is 0 Å². The molecule has 5 nitrogen and oxygen atoms in total. The number of carbonyl (C=O) groups excluding carboxylic acids is 1. The Labute approximate surface area is 95.7 Å². The van der Waals surface area contributed by atoms with E-state index in [1.54, 1.807) is 12.4 Å². The Balaban J connectivity index is 2.10. The van der Waals surface area contributed by atoms with Gasteiger partial charge in [0.2, 0.25) is 5.91 Å². The average molecular weight is 222 g/mol. The number of carbonyl (C=O) groups is 1. The Morgan fingerprint density at radius 1 is 1.38 bits per heavy atom. The maximum absolute atomic E-state index is 11.3. The van der Waals surface area contributed by atoms with E-state index in [2.05, 4.69) is 20.6 Å². The topological polar surface area (TPSA) is 66.9 Å². The number of aromatic nitrogens is 2. The van der Waals surface area contributed by atoms with Crippen LogP contribution < -0.4 is 10.6 Å². The van der Waals surface area contributed by atoms with Gasteiger partial charge in [0.05, 0.1) is 0 Å². The minimum absolute atomic E-state index is 0.0758. The van der Waals surface area contributed by atoms with Gasteiger partial charge in [-0.25, -0.2) is 9.97 Å². The number of hydrogen-bond acceptors (Lipinski definition) is 4. The molecule has 0 aliphatic carbocycles. The van der Waals surface area contributed by atoms with Crippen LogP contribution in [0.5, 0.6) is 0 Å². The molecule has 0 radical (unpaired) electrons. The Morgan fingerprint density at radius 3 is 2.69 bits per heavy atom. The maximum atomic E-state index is 11.3. The zero-order chi connectivity index (χ0) is 11.8. The zero-order valence-electron chi connectivity index (χ0n) is 9.73. The molecule has 0 saturated carbocycles. The molecule has 1 heterocycles. The van der Waals surface area contributed by atoms with Crippen molar-refractivity contribution >= 4 is 5.91 Å². The third-order valence-electron chi connectivity index (χ3n) is 1.92. The molecule has 2 N–H and O–H groups in total. The van der Waals surface area contributed by atoms with E-state index >= 15 is 0 Å². The van der Waals surface area contributed by atoms with Gasteiger partial charge < -0.3 is 10.6 Å². The summed E-state index contributed by atoms with van der Waals surface area (Å²) < 4.78 is 0. The van der Waals surface area contributed by atoms with E-state index in [9.17, 15) is 4.79 Å².